The Bertz CT molecular complexity index is 413. The van der Waals surface area contributed by atoms with E-state index in [2.05, 4.69) is 5.32 Å². The van der Waals surface area contributed by atoms with Gasteiger partial charge in [-0.1, -0.05) is 6.42 Å². The molecular weight excluding hydrogens is 234 g/mol. The molecule has 0 bridgehead atoms. The van der Waals surface area contributed by atoms with Gasteiger partial charge in [0, 0.05) is 18.9 Å². The molecule has 1 aromatic rings. The summed E-state index contributed by atoms with van der Waals surface area (Å²) >= 11 is 0. The van der Waals surface area contributed by atoms with Crippen molar-refractivity contribution in [3.63, 3.8) is 0 Å². The number of rotatable bonds is 5. The molecule has 0 aromatic carbocycles. The third-order valence-electron chi connectivity index (χ3n) is 3.36. The number of carboxylic acid groups (broad SMARTS) is 1. The fraction of sp³-hybridized carbons (Fsp3) is 0.538. The topological polar surface area (TPSA) is 79.5 Å². The smallest absolute Gasteiger partial charge is 0.308 e. The second kappa shape index (κ2) is 5.71. The van der Waals surface area contributed by atoms with Crippen molar-refractivity contribution < 1.29 is 19.1 Å². The lowest BCUT2D eigenvalue weighted by Crippen LogP contribution is -2.40. The summed E-state index contributed by atoms with van der Waals surface area (Å²) in [5, 5.41) is 11.8. The van der Waals surface area contributed by atoms with E-state index in [1.165, 1.54) is 0 Å². The van der Waals surface area contributed by atoms with Crippen LogP contribution in [0.5, 0.6) is 0 Å². The van der Waals surface area contributed by atoms with E-state index >= 15 is 0 Å². The lowest BCUT2D eigenvalue weighted by molar-refractivity contribution is -0.142. The maximum absolute atomic E-state index is 11.7. The van der Waals surface area contributed by atoms with E-state index < -0.39 is 11.9 Å². The van der Waals surface area contributed by atoms with Crippen LogP contribution in [0.2, 0.25) is 0 Å². The number of carboxylic acids is 1. The predicted molar refractivity (Wildman–Crippen MR) is 63.9 cm³/mol. The molecule has 2 rings (SSSR count). The maximum Gasteiger partial charge on any atom is 0.308 e. The van der Waals surface area contributed by atoms with Gasteiger partial charge in [-0.05, 0) is 25.0 Å². The summed E-state index contributed by atoms with van der Waals surface area (Å²) in [6.07, 6.45) is 4.71. The summed E-state index contributed by atoms with van der Waals surface area (Å²) in [5.41, 5.74) is 0. The zero-order valence-electron chi connectivity index (χ0n) is 10.1. The van der Waals surface area contributed by atoms with Gasteiger partial charge in [0.15, 0.2) is 0 Å². The standard InChI is InChI=1S/C13H17NO4/c15-12(7-6-9-3-2-8-18-9)14-11-5-1-4-10(11)13(16)17/h2-3,8,10-11H,1,4-7H2,(H,14,15)(H,16,17)/t10-,11+/m1/s1. The van der Waals surface area contributed by atoms with Crippen molar-refractivity contribution in [1.82, 2.24) is 5.32 Å². The lowest BCUT2D eigenvalue weighted by Gasteiger charge is -2.17. The summed E-state index contributed by atoms with van der Waals surface area (Å²) in [6, 6.07) is 3.39. The zero-order valence-corrected chi connectivity index (χ0v) is 10.1. The molecule has 98 valence electrons. The molecule has 0 aliphatic heterocycles. The Hall–Kier alpha value is -1.78. The molecule has 2 N–H and O–H groups in total. The van der Waals surface area contributed by atoms with Crippen LogP contribution in [0, 0.1) is 5.92 Å². The number of aliphatic carboxylic acids is 1. The first kappa shape index (κ1) is 12.7. The van der Waals surface area contributed by atoms with Crippen LogP contribution in [0.1, 0.15) is 31.4 Å². The number of carbonyl (C=O) groups excluding carboxylic acids is 1. The van der Waals surface area contributed by atoms with Gasteiger partial charge in [-0.2, -0.15) is 0 Å². The number of nitrogens with one attached hydrogen (secondary N) is 1. The first-order valence-electron chi connectivity index (χ1n) is 6.21. The molecule has 1 aliphatic carbocycles. The fourth-order valence-corrected chi connectivity index (χ4v) is 2.40. The molecule has 0 saturated heterocycles. The minimum atomic E-state index is -0.816. The van der Waals surface area contributed by atoms with Crippen LogP contribution < -0.4 is 5.32 Å². The summed E-state index contributed by atoms with van der Waals surface area (Å²) in [4.78, 5) is 22.7. The third-order valence-corrected chi connectivity index (χ3v) is 3.36. The summed E-state index contributed by atoms with van der Waals surface area (Å²) in [7, 11) is 0. The second-order valence-corrected chi connectivity index (χ2v) is 4.63. The van der Waals surface area contributed by atoms with Crippen LogP contribution in [-0.4, -0.2) is 23.0 Å². The highest BCUT2D eigenvalue weighted by atomic mass is 16.4. The van der Waals surface area contributed by atoms with E-state index in [0.717, 1.165) is 18.6 Å². The Morgan fingerprint density at radius 3 is 2.94 bits per heavy atom. The van der Waals surface area contributed by atoms with Crippen molar-refractivity contribution in [3.8, 4) is 0 Å². The molecule has 1 amide bonds. The van der Waals surface area contributed by atoms with Crippen LogP contribution in [0.25, 0.3) is 0 Å². The first-order valence-corrected chi connectivity index (χ1v) is 6.21. The Balaban J connectivity index is 1.78. The van der Waals surface area contributed by atoms with Gasteiger partial charge in [-0.3, -0.25) is 9.59 Å². The first-order chi connectivity index (χ1) is 8.66. The SMILES string of the molecule is O=C(CCc1ccco1)N[C@H]1CCC[C@H]1C(=O)O. The molecule has 1 aromatic heterocycles. The number of hydrogen-bond donors (Lipinski definition) is 2. The van der Waals surface area contributed by atoms with Gasteiger partial charge in [0.25, 0.3) is 0 Å². The van der Waals surface area contributed by atoms with Crippen molar-refractivity contribution in [2.24, 2.45) is 5.92 Å². The van der Waals surface area contributed by atoms with Crippen molar-refractivity contribution in [2.75, 3.05) is 0 Å². The molecule has 5 nitrogen and oxygen atoms in total. The predicted octanol–water partition coefficient (Wildman–Crippen LogP) is 1.58. The van der Waals surface area contributed by atoms with E-state index in [1.54, 1.807) is 12.3 Å². The van der Waals surface area contributed by atoms with Crippen LogP contribution in [0.15, 0.2) is 22.8 Å². The molecule has 5 heteroatoms. The Kier molecular flexibility index (Phi) is 4.02. The highest BCUT2D eigenvalue weighted by Gasteiger charge is 2.33. The minimum absolute atomic E-state index is 0.107. The zero-order chi connectivity index (χ0) is 13.0. The average molecular weight is 251 g/mol. The monoisotopic (exact) mass is 251 g/mol. The minimum Gasteiger partial charge on any atom is -0.481 e. The Labute approximate surface area is 105 Å². The summed E-state index contributed by atoms with van der Waals surface area (Å²) in [6.45, 7) is 0. The molecule has 1 aliphatic rings. The van der Waals surface area contributed by atoms with Gasteiger partial charge in [0.1, 0.15) is 5.76 Å². The van der Waals surface area contributed by atoms with Crippen LogP contribution >= 0.6 is 0 Å². The van der Waals surface area contributed by atoms with Crippen molar-refractivity contribution in [3.05, 3.63) is 24.2 Å². The largest absolute Gasteiger partial charge is 0.481 e. The molecule has 1 fully saturated rings. The third kappa shape index (κ3) is 3.12. The van der Waals surface area contributed by atoms with E-state index in [0.29, 0.717) is 19.3 Å². The number of hydrogen-bond acceptors (Lipinski definition) is 3. The van der Waals surface area contributed by atoms with Crippen molar-refractivity contribution in [1.29, 1.82) is 0 Å². The van der Waals surface area contributed by atoms with E-state index in [9.17, 15) is 9.59 Å². The van der Waals surface area contributed by atoms with E-state index in [4.69, 9.17) is 9.52 Å². The van der Waals surface area contributed by atoms with Crippen molar-refractivity contribution >= 4 is 11.9 Å². The highest BCUT2D eigenvalue weighted by Crippen LogP contribution is 2.25. The quantitative estimate of drug-likeness (QED) is 0.832. The molecule has 2 atom stereocenters. The average Bonchev–Trinajstić information content (AvgIpc) is 2.96. The number of aryl methyl sites for hydroxylation is 1. The summed E-state index contributed by atoms with van der Waals surface area (Å²) < 4.78 is 5.14. The van der Waals surface area contributed by atoms with Crippen LogP contribution in [0.3, 0.4) is 0 Å². The van der Waals surface area contributed by atoms with Crippen LogP contribution in [0.4, 0.5) is 0 Å². The van der Waals surface area contributed by atoms with Gasteiger partial charge < -0.3 is 14.8 Å². The second-order valence-electron chi connectivity index (χ2n) is 4.63. The Morgan fingerprint density at radius 1 is 1.44 bits per heavy atom. The maximum atomic E-state index is 11.7. The van der Waals surface area contributed by atoms with E-state index in [1.807, 2.05) is 6.07 Å². The molecular formula is C13H17NO4. The van der Waals surface area contributed by atoms with Gasteiger partial charge in [0.2, 0.25) is 5.91 Å². The van der Waals surface area contributed by atoms with E-state index in [-0.39, 0.29) is 11.9 Å². The number of amides is 1. The molecule has 1 saturated carbocycles. The fourth-order valence-electron chi connectivity index (χ4n) is 2.40. The molecule has 1 heterocycles. The molecule has 18 heavy (non-hydrogen) atoms. The van der Waals surface area contributed by atoms with Crippen molar-refractivity contribution in [2.45, 2.75) is 38.1 Å². The van der Waals surface area contributed by atoms with Crippen LogP contribution in [-0.2, 0) is 16.0 Å². The Morgan fingerprint density at radius 2 is 2.28 bits per heavy atom. The highest BCUT2D eigenvalue weighted by molar-refractivity contribution is 5.78. The van der Waals surface area contributed by atoms with Gasteiger partial charge >= 0.3 is 5.97 Å². The van der Waals surface area contributed by atoms with Gasteiger partial charge in [-0.25, -0.2) is 0 Å². The van der Waals surface area contributed by atoms with Gasteiger partial charge in [0.05, 0.1) is 12.2 Å². The number of carbonyl (C=O) groups is 2. The lowest BCUT2D eigenvalue weighted by atomic mass is 10.0. The molecule has 0 spiro atoms. The normalized spacial score (nSPS) is 22.9. The number of furan rings is 1. The molecule has 0 radical (unpaired) electrons. The molecule has 0 unspecified atom stereocenters. The summed E-state index contributed by atoms with van der Waals surface area (Å²) in [5.74, 6) is -0.586. The van der Waals surface area contributed by atoms with Gasteiger partial charge in [-0.15, -0.1) is 0 Å².